The monoisotopic (exact) mass is 421 g/mol. The van der Waals surface area contributed by atoms with Gasteiger partial charge in [0.25, 0.3) is 5.56 Å². The van der Waals surface area contributed by atoms with Gasteiger partial charge in [-0.1, -0.05) is 18.2 Å². The molecule has 7 heteroatoms. The third-order valence-electron chi connectivity index (χ3n) is 6.97. The lowest BCUT2D eigenvalue weighted by atomic mass is 9.82. The first kappa shape index (κ1) is 20.2. The maximum absolute atomic E-state index is 13.3. The highest BCUT2D eigenvalue weighted by atomic mass is 16.2. The molecule has 1 fully saturated rings. The zero-order valence-corrected chi connectivity index (χ0v) is 18.4. The minimum absolute atomic E-state index is 0.120. The second-order valence-electron chi connectivity index (χ2n) is 9.57. The molecule has 7 nitrogen and oxygen atoms in total. The maximum Gasteiger partial charge on any atom is 0.255 e. The average molecular weight is 422 g/mol. The first-order valence-corrected chi connectivity index (χ1v) is 11.3. The molecule has 1 amide bonds. The number of carbonyl (C=O) groups excluding carboxylic acids is 1. The predicted octanol–water partition coefficient (Wildman–Crippen LogP) is 2.42. The number of piperidine rings is 1. The molecule has 2 atom stereocenters. The van der Waals surface area contributed by atoms with Gasteiger partial charge in [-0.3, -0.25) is 14.5 Å². The van der Waals surface area contributed by atoms with Crippen LogP contribution < -0.4 is 5.56 Å². The third-order valence-corrected chi connectivity index (χ3v) is 6.97. The van der Waals surface area contributed by atoms with Crippen molar-refractivity contribution in [1.82, 2.24) is 24.3 Å². The number of hydrogen-bond donors (Lipinski definition) is 1. The number of pyridine rings is 1. The largest absolute Gasteiger partial charge is 0.345 e. The van der Waals surface area contributed by atoms with Gasteiger partial charge in [0.2, 0.25) is 5.91 Å². The van der Waals surface area contributed by atoms with Gasteiger partial charge in [0.15, 0.2) is 0 Å². The minimum Gasteiger partial charge on any atom is -0.345 e. The van der Waals surface area contributed by atoms with Crippen molar-refractivity contribution in [1.29, 1.82) is 0 Å². The van der Waals surface area contributed by atoms with Gasteiger partial charge < -0.3 is 14.5 Å². The molecule has 4 heterocycles. The molecular formula is C24H31N5O2. The van der Waals surface area contributed by atoms with E-state index < -0.39 is 0 Å². The van der Waals surface area contributed by atoms with Gasteiger partial charge in [0, 0.05) is 61.2 Å². The van der Waals surface area contributed by atoms with Crippen LogP contribution in [0.3, 0.4) is 0 Å². The number of imidazole rings is 1. The molecule has 2 bridgehead atoms. The van der Waals surface area contributed by atoms with Crippen LogP contribution in [0.5, 0.6) is 0 Å². The van der Waals surface area contributed by atoms with E-state index in [9.17, 15) is 9.59 Å². The van der Waals surface area contributed by atoms with Crippen LogP contribution >= 0.6 is 0 Å². The van der Waals surface area contributed by atoms with E-state index in [0.717, 1.165) is 55.1 Å². The standard InChI is InChI=1S/C24H31N5O2/c1-16-10-25-22(26-16)15-27(2)13-19-7-8-21-20-9-17(12-29(21)24(19)31)11-28(14-20)23(30)18-5-3-4-6-18/h3-4,7-8,10,17-18,20H,5-6,9,11-15H2,1-2H3,(H,25,26)/t17-,20+/m0/s1. The molecule has 3 aliphatic rings. The smallest absolute Gasteiger partial charge is 0.255 e. The molecule has 0 spiro atoms. The summed E-state index contributed by atoms with van der Waals surface area (Å²) in [5.41, 5.74) is 3.07. The number of rotatable bonds is 5. The molecule has 1 N–H and O–H groups in total. The first-order valence-electron chi connectivity index (χ1n) is 11.3. The van der Waals surface area contributed by atoms with Crippen LogP contribution in [-0.4, -0.2) is 50.4 Å². The van der Waals surface area contributed by atoms with Crippen molar-refractivity contribution in [3.05, 3.63) is 63.6 Å². The van der Waals surface area contributed by atoms with Crippen LogP contribution in [0.1, 0.15) is 48.0 Å². The average Bonchev–Trinajstić information content (AvgIpc) is 3.42. The van der Waals surface area contributed by atoms with Gasteiger partial charge in [0.1, 0.15) is 5.82 Å². The summed E-state index contributed by atoms with van der Waals surface area (Å²) in [5.74, 6) is 1.95. The fraction of sp³-hybridized carbons (Fsp3) is 0.542. The second-order valence-corrected chi connectivity index (χ2v) is 9.57. The number of carbonyl (C=O) groups is 1. The molecule has 2 aliphatic heterocycles. The van der Waals surface area contributed by atoms with Gasteiger partial charge in [-0.05, 0) is 45.2 Å². The van der Waals surface area contributed by atoms with E-state index in [4.69, 9.17) is 0 Å². The number of aromatic nitrogens is 3. The highest BCUT2D eigenvalue weighted by molar-refractivity contribution is 5.80. The Balaban J connectivity index is 1.31. The zero-order valence-electron chi connectivity index (χ0n) is 18.4. The quantitative estimate of drug-likeness (QED) is 0.753. The second kappa shape index (κ2) is 8.11. The van der Waals surface area contributed by atoms with Crippen LogP contribution in [0, 0.1) is 18.8 Å². The van der Waals surface area contributed by atoms with Crippen LogP contribution in [0.2, 0.25) is 0 Å². The Labute approximate surface area is 182 Å². The number of amides is 1. The van der Waals surface area contributed by atoms with Gasteiger partial charge in [-0.25, -0.2) is 4.98 Å². The number of H-pyrrole nitrogens is 1. The van der Waals surface area contributed by atoms with Crippen molar-refractivity contribution in [3.8, 4) is 0 Å². The van der Waals surface area contributed by atoms with E-state index in [1.807, 2.05) is 30.8 Å². The number of allylic oxidation sites excluding steroid dienone is 2. The van der Waals surface area contributed by atoms with E-state index in [0.29, 0.717) is 31.5 Å². The number of likely N-dealkylation sites (tertiary alicyclic amines) is 1. The van der Waals surface area contributed by atoms with E-state index >= 15 is 0 Å². The Bertz CT molecular complexity index is 1060. The normalized spacial score (nSPS) is 22.9. The number of fused-ring (bicyclic) bond motifs is 4. The Kier molecular flexibility index (Phi) is 5.30. The van der Waals surface area contributed by atoms with Crippen LogP contribution in [-0.2, 0) is 24.4 Å². The molecule has 1 aliphatic carbocycles. The topological polar surface area (TPSA) is 74.2 Å². The summed E-state index contributed by atoms with van der Waals surface area (Å²) in [6.45, 7) is 5.48. The molecule has 5 rings (SSSR count). The Hall–Kier alpha value is -2.67. The predicted molar refractivity (Wildman–Crippen MR) is 118 cm³/mol. The van der Waals surface area contributed by atoms with E-state index in [-0.39, 0.29) is 17.4 Å². The summed E-state index contributed by atoms with van der Waals surface area (Å²) in [6, 6.07) is 4.10. The van der Waals surface area contributed by atoms with E-state index in [2.05, 4.69) is 38.0 Å². The van der Waals surface area contributed by atoms with Crippen molar-refractivity contribution < 1.29 is 4.79 Å². The molecule has 31 heavy (non-hydrogen) atoms. The van der Waals surface area contributed by atoms with Crippen molar-refractivity contribution >= 4 is 5.91 Å². The van der Waals surface area contributed by atoms with Crippen molar-refractivity contribution in [2.75, 3.05) is 20.1 Å². The van der Waals surface area contributed by atoms with Crippen LogP contribution in [0.25, 0.3) is 0 Å². The molecule has 0 unspecified atom stereocenters. The molecule has 0 radical (unpaired) electrons. The van der Waals surface area contributed by atoms with Gasteiger partial charge >= 0.3 is 0 Å². The zero-order chi connectivity index (χ0) is 21.5. The number of hydrogen-bond acceptors (Lipinski definition) is 4. The summed E-state index contributed by atoms with van der Waals surface area (Å²) >= 11 is 0. The summed E-state index contributed by atoms with van der Waals surface area (Å²) in [5, 5.41) is 0. The van der Waals surface area contributed by atoms with E-state index in [1.165, 1.54) is 0 Å². The van der Waals surface area contributed by atoms with Crippen molar-refractivity contribution in [2.45, 2.75) is 51.7 Å². The number of aryl methyl sites for hydroxylation is 1. The van der Waals surface area contributed by atoms with Crippen molar-refractivity contribution in [2.24, 2.45) is 11.8 Å². The fourth-order valence-corrected chi connectivity index (χ4v) is 5.52. The molecule has 164 valence electrons. The van der Waals surface area contributed by atoms with Crippen LogP contribution in [0.15, 0.2) is 35.3 Å². The number of nitrogens with one attached hydrogen (secondary N) is 1. The first-order chi connectivity index (χ1) is 15.0. The highest BCUT2D eigenvalue weighted by Gasteiger charge is 2.38. The number of nitrogens with zero attached hydrogens (tertiary/aromatic N) is 4. The lowest BCUT2D eigenvalue weighted by Crippen LogP contribution is -2.50. The molecule has 1 saturated heterocycles. The third kappa shape index (κ3) is 3.99. The maximum atomic E-state index is 13.3. The Morgan fingerprint density at radius 2 is 2.00 bits per heavy atom. The Morgan fingerprint density at radius 1 is 1.19 bits per heavy atom. The minimum atomic E-state index is 0.120. The Morgan fingerprint density at radius 3 is 2.74 bits per heavy atom. The van der Waals surface area contributed by atoms with Gasteiger partial charge in [-0.15, -0.1) is 0 Å². The summed E-state index contributed by atoms with van der Waals surface area (Å²) in [6.07, 6.45) is 8.88. The van der Waals surface area contributed by atoms with Crippen LogP contribution in [0.4, 0.5) is 0 Å². The molecule has 2 aromatic heterocycles. The molecular weight excluding hydrogens is 390 g/mol. The lowest BCUT2D eigenvalue weighted by Gasteiger charge is -2.43. The molecule has 0 saturated carbocycles. The van der Waals surface area contributed by atoms with Crippen molar-refractivity contribution in [3.63, 3.8) is 0 Å². The summed E-state index contributed by atoms with van der Waals surface area (Å²) in [7, 11) is 2.01. The number of aromatic amines is 1. The van der Waals surface area contributed by atoms with E-state index in [1.54, 1.807) is 0 Å². The fourth-order valence-electron chi connectivity index (χ4n) is 5.52. The van der Waals surface area contributed by atoms with Gasteiger partial charge in [0.05, 0.1) is 6.54 Å². The summed E-state index contributed by atoms with van der Waals surface area (Å²) < 4.78 is 1.98. The highest BCUT2D eigenvalue weighted by Crippen LogP contribution is 2.36. The lowest BCUT2D eigenvalue weighted by molar-refractivity contribution is -0.138. The summed E-state index contributed by atoms with van der Waals surface area (Å²) in [4.78, 5) is 38.0. The van der Waals surface area contributed by atoms with Gasteiger partial charge in [-0.2, -0.15) is 0 Å². The SMILES string of the molecule is Cc1cnc(CN(C)Cc2ccc3n(c2=O)C[C@H]2C[C@@H]3CN(C(=O)C3CC=CC3)C2)[nH]1. The molecule has 0 aromatic carbocycles. The molecule has 2 aromatic rings.